The van der Waals surface area contributed by atoms with Crippen molar-refractivity contribution in [3.63, 3.8) is 0 Å². The molecular weight excluding hydrogens is 219 g/mol. The zero-order valence-electron chi connectivity index (χ0n) is 6.84. The van der Waals surface area contributed by atoms with E-state index in [1.165, 1.54) is 0 Å². The molecule has 0 aliphatic carbocycles. The highest BCUT2D eigenvalue weighted by molar-refractivity contribution is 5.92. The molecule has 78 valence electrons. The molecule has 1 aromatic rings. The molecule has 0 heterocycles. The summed E-state index contributed by atoms with van der Waals surface area (Å²) < 4.78 is 36.0. The smallest absolute Gasteiger partial charge is 0.366 e. The predicted molar refractivity (Wildman–Crippen MR) is 47.2 cm³/mol. The second-order valence-electron chi connectivity index (χ2n) is 2.44. The van der Waals surface area contributed by atoms with Crippen molar-refractivity contribution < 1.29 is 18.0 Å². The number of nitrogens with two attached hydrogens (primary N) is 1. The van der Waals surface area contributed by atoms with Crippen molar-refractivity contribution in [2.75, 3.05) is 0 Å². The average Bonchev–Trinajstić information content (AvgIpc) is 2.03. The van der Waals surface area contributed by atoms with Crippen molar-refractivity contribution in [1.29, 1.82) is 0 Å². The molecule has 0 aromatic heterocycles. The fourth-order valence-corrected chi connectivity index (χ4v) is 0.823. The minimum Gasteiger partial charge on any atom is -0.366 e. The Morgan fingerprint density at radius 1 is 1.14 bits per heavy atom. The number of alkyl halides is 3. The molecule has 0 radical (unpaired) electrons. The molecule has 1 amide bonds. The van der Waals surface area contributed by atoms with E-state index in [0.717, 1.165) is 24.3 Å². The maximum absolute atomic E-state index is 12.0. The Hall–Kier alpha value is -1.23. The minimum atomic E-state index is -4.38. The highest BCUT2D eigenvalue weighted by Crippen LogP contribution is 2.28. The first-order valence-electron chi connectivity index (χ1n) is 3.38. The first kappa shape index (κ1) is 12.8. The molecule has 0 fully saturated rings. The normalized spacial score (nSPS) is 10.5. The molecule has 1 aromatic carbocycles. The van der Waals surface area contributed by atoms with Gasteiger partial charge in [0.1, 0.15) is 0 Å². The summed E-state index contributed by atoms with van der Waals surface area (Å²) in [5.74, 6) is -0.742. The summed E-state index contributed by atoms with van der Waals surface area (Å²) in [6.07, 6.45) is -4.38. The van der Waals surface area contributed by atoms with E-state index in [-0.39, 0.29) is 18.0 Å². The van der Waals surface area contributed by atoms with Gasteiger partial charge in [0.05, 0.1) is 5.56 Å². The van der Waals surface area contributed by atoms with E-state index in [9.17, 15) is 18.0 Å². The Kier molecular flexibility index (Phi) is 3.94. The summed E-state index contributed by atoms with van der Waals surface area (Å²) in [5, 5.41) is 0. The summed E-state index contributed by atoms with van der Waals surface area (Å²) in [7, 11) is 0. The Labute approximate surface area is 84.3 Å². The van der Waals surface area contributed by atoms with Gasteiger partial charge in [0.25, 0.3) is 0 Å². The first-order valence-corrected chi connectivity index (χ1v) is 3.38. The van der Waals surface area contributed by atoms with Crippen LogP contribution < -0.4 is 5.73 Å². The maximum Gasteiger partial charge on any atom is 0.416 e. The zero-order valence-corrected chi connectivity index (χ0v) is 7.65. The maximum atomic E-state index is 12.0. The van der Waals surface area contributed by atoms with E-state index >= 15 is 0 Å². The standard InChI is InChI=1S/C8H6F3NO.ClH/c9-8(10,11)6-3-1-5(2-4-6)7(12)13;/h1-4H,(H2,12,13);1H. The number of primary amides is 1. The van der Waals surface area contributed by atoms with Crippen LogP contribution in [-0.2, 0) is 6.18 Å². The number of halogens is 4. The van der Waals surface area contributed by atoms with Crippen LogP contribution in [0.1, 0.15) is 15.9 Å². The highest BCUT2D eigenvalue weighted by atomic mass is 35.5. The third-order valence-electron chi connectivity index (χ3n) is 1.50. The lowest BCUT2D eigenvalue weighted by Gasteiger charge is -2.05. The van der Waals surface area contributed by atoms with Gasteiger partial charge in [-0.05, 0) is 24.3 Å². The fraction of sp³-hybridized carbons (Fsp3) is 0.125. The van der Waals surface area contributed by atoms with Crippen LogP contribution in [0.15, 0.2) is 24.3 Å². The van der Waals surface area contributed by atoms with Crippen LogP contribution in [0.4, 0.5) is 13.2 Å². The van der Waals surface area contributed by atoms with Crippen LogP contribution in [0.5, 0.6) is 0 Å². The number of carbonyl (C=O) groups is 1. The minimum absolute atomic E-state index is 0. The number of hydrogen-bond acceptors (Lipinski definition) is 1. The first-order chi connectivity index (χ1) is 5.91. The predicted octanol–water partition coefficient (Wildman–Crippen LogP) is 2.23. The molecule has 1 rings (SSSR count). The van der Waals surface area contributed by atoms with E-state index in [1.807, 2.05) is 0 Å². The molecule has 2 nitrogen and oxygen atoms in total. The lowest BCUT2D eigenvalue weighted by molar-refractivity contribution is -0.137. The Bertz CT molecular complexity index is 320. The second kappa shape index (κ2) is 4.32. The molecular formula is C8H7ClF3NO. The summed E-state index contributed by atoms with van der Waals surface area (Å²) >= 11 is 0. The highest BCUT2D eigenvalue weighted by Gasteiger charge is 2.30. The van der Waals surface area contributed by atoms with Crippen molar-refractivity contribution in [3.8, 4) is 0 Å². The monoisotopic (exact) mass is 225 g/mol. The van der Waals surface area contributed by atoms with Gasteiger partial charge in [-0.3, -0.25) is 4.79 Å². The van der Waals surface area contributed by atoms with Gasteiger partial charge in [-0.15, -0.1) is 12.4 Å². The van der Waals surface area contributed by atoms with Crippen LogP contribution in [-0.4, -0.2) is 5.91 Å². The van der Waals surface area contributed by atoms with E-state index < -0.39 is 17.6 Å². The van der Waals surface area contributed by atoms with Gasteiger partial charge in [0.2, 0.25) is 5.91 Å². The van der Waals surface area contributed by atoms with Crippen molar-refractivity contribution >= 4 is 18.3 Å². The SMILES string of the molecule is Cl.NC(=O)c1ccc(C(F)(F)F)cc1. The Balaban J connectivity index is 0.00000169. The number of benzene rings is 1. The molecule has 0 saturated carbocycles. The lowest BCUT2D eigenvalue weighted by Crippen LogP contribution is -2.11. The summed E-state index contributed by atoms with van der Waals surface area (Å²) in [4.78, 5) is 10.5. The van der Waals surface area contributed by atoms with Gasteiger partial charge >= 0.3 is 6.18 Å². The molecule has 14 heavy (non-hydrogen) atoms. The zero-order chi connectivity index (χ0) is 10.1. The number of rotatable bonds is 1. The van der Waals surface area contributed by atoms with Crippen LogP contribution in [0, 0.1) is 0 Å². The number of amides is 1. The van der Waals surface area contributed by atoms with Crippen molar-refractivity contribution in [1.82, 2.24) is 0 Å². The van der Waals surface area contributed by atoms with Gasteiger partial charge < -0.3 is 5.73 Å². The van der Waals surface area contributed by atoms with Crippen LogP contribution >= 0.6 is 12.4 Å². The Morgan fingerprint density at radius 3 is 1.86 bits per heavy atom. The van der Waals surface area contributed by atoms with Crippen LogP contribution in [0.2, 0.25) is 0 Å². The molecule has 0 spiro atoms. The van der Waals surface area contributed by atoms with E-state index in [4.69, 9.17) is 5.73 Å². The summed E-state index contributed by atoms with van der Waals surface area (Å²) in [5.41, 5.74) is 4.12. The number of hydrogen-bond donors (Lipinski definition) is 1. The van der Waals surface area contributed by atoms with E-state index in [2.05, 4.69) is 0 Å². The summed E-state index contributed by atoms with van der Waals surface area (Å²) in [6.45, 7) is 0. The van der Waals surface area contributed by atoms with E-state index in [1.54, 1.807) is 0 Å². The Morgan fingerprint density at radius 2 is 1.57 bits per heavy atom. The van der Waals surface area contributed by atoms with Crippen LogP contribution in [0.3, 0.4) is 0 Å². The fourth-order valence-electron chi connectivity index (χ4n) is 0.823. The van der Waals surface area contributed by atoms with Crippen molar-refractivity contribution in [2.24, 2.45) is 5.73 Å². The molecule has 0 aliphatic heterocycles. The topological polar surface area (TPSA) is 43.1 Å². The van der Waals surface area contributed by atoms with Gasteiger partial charge in [-0.1, -0.05) is 0 Å². The van der Waals surface area contributed by atoms with Crippen molar-refractivity contribution in [3.05, 3.63) is 35.4 Å². The largest absolute Gasteiger partial charge is 0.416 e. The average molecular weight is 226 g/mol. The third-order valence-corrected chi connectivity index (χ3v) is 1.50. The second-order valence-corrected chi connectivity index (χ2v) is 2.44. The molecule has 0 unspecified atom stereocenters. The molecule has 6 heteroatoms. The summed E-state index contributed by atoms with van der Waals surface area (Å²) in [6, 6.07) is 3.73. The molecule has 0 atom stereocenters. The van der Waals surface area contributed by atoms with Crippen molar-refractivity contribution in [2.45, 2.75) is 6.18 Å². The molecule has 0 bridgehead atoms. The quantitative estimate of drug-likeness (QED) is 0.783. The van der Waals surface area contributed by atoms with Gasteiger partial charge in [0, 0.05) is 5.56 Å². The lowest BCUT2D eigenvalue weighted by atomic mass is 10.1. The van der Waals surface area contributed by atoms with Gasteiger partial charge in [-0.2, -0.15) is 13.2 Å². The molecule has 2 N–H and O–H groups in total. The van der Waals surface area contributed by atoms with Gasteiger partial charge in [-0.25, -0.2) is 0 Å². The van der Waals surface area contributed by atoms with Gasteiger partial charge in [0.15, 0.2) is 0 Å². The molecule has 0 aliphatic rings. The van der Waals surface area contributed by atoms with E-state index in [0.29, 0.717) is 0 Å². The third kappa shape index (κ3) is 2.92. The molecule has 0 saturated heterocycles. The number of carbonyl (C=O) groups excluding carboxylic acids is 1. The van der Waals surface area contributed by atoms with Crippen LogP contribution in [0.25, 0.3) is 0 Å².